The molecular formula is C51H33NS. The van der Waals surface area contributed by atoms with Crippen LogP contribution in [0.3, 0.4) is 0 Å². The monoisotopic (exact) mass is 698 g/mol. The number of anilines is 3. The summed E-state index contributed by atoms with van der Waals surface area (Å²) in [7, 11) is 0. The van der Waals surface area contributed by atoms with Crippen molar-refractivity contribution in [3.05, 3.63) is 222 Å². The van der Waals surface area contributed by atoms with Gasteiger partial charge in [0, 0.05) is 36.9 Å². The van der Waals surface area contributed by atoms with Crippen LogP contribution in [0, 0.1) is 0 Å². The van der Waals surface area contributed by atoms with Gasteiger partial charge in [0.25, 0.3) is 0 Å². The number of para-hydroxylation sites is 1. The van der Waals surface area contributed by atoms with Crippen molar-refractivity contribution in [2.45, 2.75) is 5.41 Å². The van der Waals surface area contributed by atoms with Crippen molar-refractivity contribution in [2.24, 2.45) is 0 Å². The van der Waals surface area contributed by atoms with Crippen molar-refractivity contribution < 1.29 is 9.60 Å². The highest BCUT2D eigenvalue weighted by atomic mass is 32.1. The minimum atomic E-state index is -1.34. The van der Waals surface area contributed by atoms with Gasteiger partial charge in [-0.05, 0) is 98.1 Å². The Bertz CT molecular complexity index is 3420. The maximum Gasteiger partial charge on any atom is 0.0719 e. The largest absolute Gasteiger partial charge is 0.310 e. The fourth-order valence-electron chi connectivity index (χ4n) is 8.60. The van der Waals surface area contributed by atoms with Gasteiger partial charge >= 0.3 is 0 Å². The average molecular weight is 699 g/mol. The topological polar surface area (TPSA) is 3.24 Å². The van der Waals surface area contributed by atoms with Gasteiger partial charge in [-0.1, -0.05) is 151 Å². The Balaban J connectivity index is 1.30. The highest BCUT2D eigenvalue weighted by molar-refractivity contribution is 7.25. The predicted octanol–water partition coefficient (Wildman–Crippen LogP) is 14.2. The van der Waals surface area contributed by atoms with E-state index in [0.29, 0.717) is 0 Å². The molecule has 0 aliphatic heterocycles. The molecule has 0 amide bonds. The second-order valence-corrected chi connectivity index (χ2v) is 14.6. The number of thiophene rings is 1. The van der Waals surface area contributed by atoms with E-state index in [4.69, 9.17) is 5.48 Å². The second-order valence-electron chi connectivity index (χ2n) is 13.5. The van der Waals surface area contributed by atoms with E-state index in [9.17, 15) is 4.11 Å². The van der Waals surface area contributed by atoms with E-state index in [-0.39, 0.29) is 28.4 Å². The molecule has 1 atom stereocenters. The van der Waals surface area contributed by atoms with Crippen LogP contribution < -0.4 is 4.90 Å². The molecule has 0 saturated heterocycles. The standard InChI is InChI=1S/C51H33NS/c1-2-18-37(19-3-1)52(48-26-13-17-35-15-5-7-21-40(35)48)38-29-30-47-43(33-38)41-22-8-10-24-46(41)51(47,45-25-12-16-34-14-4-6-20-39(34)45)36-28-31-50-44(32-36)42-23-9-11-27-49(42)53-50/h1-33H/i4D,6D,12D,14D,16D,20D,25D. The third-order valence-electron chi connectivity index (χ3n) is 10.8. The van der Waals surface area contributed by atoms with Gasteiger partial charge in [-0.25, -0.2) is 0 Å². The van der Waals surface area contributed by atoms with Crippen LogP contribution in [0.5, 0.6) is 0 Å². The van der Waals surface area contributed by atoms with Crippen LogP contribution in [0.25, 0.3) is 52.8 Å². The summed E-state index contributed by atoms with van der Waals surface area (Å²) in [4.78, 5) is 2.26. The Morgan fingerprint density at radius 1 is 0.434 bits per heavy atom. The van der Waals surface area contributed by atoms with Gasteiger partial charge in [0.15, 0.2) is 0 Å². The van der Waals surface area contributed by atoms with Gasteiger partial charge in [0.2, 0.25) is 0 Å². The van der Waals surface area contributed by atoms with Gasteiger partial charge < -0.3 is 4.90 Å². The molecule has 0 saturated carbocycles. The third-order valence-corrected chi connectivity index (χ3v) is 12.0. The quantitative estimate of drug-likeness (QED) is 0.173. The fourth-order valence-corrected chi connectivity index (χ4v) is 9.68. The van der Waals surface area contributed by atoms with Gasteiger partial charge in [-0.15, -0.1) is 11.3 Å². The summed E-state index contributed by atoms with van der Waals surface area (Å²) in [6.45, 7) is 0. The Kier molecular flexibility index (Phi) is 5.31. The fraction of sp³-hybridized carbons (Fsp3) is 0.0196. The first-order valence-corrected chi connectivity index (χ1v) is 18.5. The number of hydrogen-bond acceptors (Lipinski definition) is 2. The van der Waals surface area contributed by atoms with E-state index in [1.54, 1.807) is 11.3 Å². The molecule has 2 heteroatoms. The lowest BCUT2D eigenvalue weighted by Crippen LogP contribution is -2.29. The molecule has 1 aliphatic carbocycles. The summed E-state index contributed by atoms with van der Waals surface area (Å²) in [5.41, 5.74) is 6.05. The summed E-state index contributed by atoms with van der Waals surface area (Å²) < 4.78 is 66.5. The molecule has 10 aromatic rings. The SMILES string of the molecule is [2H]c1c([2H])c([2H])c2c(C3(c4ccc5sc6ccccc6c5c4)c4ccccc4-c4cc(N(c5ccccc5)c5cccc6ccccc56)ccc43)c([2H])c([2H])c([2H])c2c1[2H]. The highest BCUT2D eigenvalue weighted by Crippen LogP contribution is 2.59. The predicted molar refractivity (Wildman–Crippen MR) is 226 cm³/mol. The number of benzene rings is 9. The molecule has 53 heavy (non-hydrogen) atoms. The van der Waals surface area contributed by atoms with Crippen molar-refractivity contribution >= 4 is 70.1 Å². The molecule has 9 aromatic carbocycles. The zero-order valence-corrected chi connectivity index (χ0v) is 29.2. The summed E-state index contributed by atoms with van der Waals surface area (Å²) in [6.07, 6.45) is 0. The second kappa shape index (κ2) is 11.8. The summed E-state index contributed by atoms with van der Waals surface area (Å²) in [5, 5.41) is 4.34. The molecule has 1 aromatic heterocycles. The maximum atomic E-state index is 9.84. The van der Waals surface area contributed by atoms with E-state index in [0.717, 1.165) is 75.8 Å². The molecule has 0 N–H and O–H groups in total. The zero-order chi connectivity index (χ0) is 41.0. The molecule has 1 heterocycles. The first-order chi connectivity index (χ1) is 29.2. The molecule has 1 aliphatic rings. The Hall–Kier alpha value is -6.48. The minimum Gasteiger partial charge on any atom is -0.310 e. The number of fused-ring (bicyclic) bond motifs is 8. The molecular weight excluding hydrogens is 659 g/mol. The van der Waals surface area contributed by atoms with Crippen molar-refractivity contribution in [3.8, 4) is 11.1 Å². The van der Waals surface area contributed by atoms with Crippen LogP contribution in [-0.4, -0.2) is 0 Å². The van der Waals surface area contributed by atoms with Crippen LogP contribution in [0.1, 0.15) is 31.8 Å². The zero-order valence-electron chi connectivity index (χ0n) is 35.4. The Morgan fingerprint density at radius 2 is 1.17 bits per heavy atom. The lowest BCUT2D eigenvalue weighted by atomic mass is 9.66. The minimum absolute atomic E-state index is 0.0628. The van der Waals surface area contributed by atoms with E-state index in [2.05, 4.69) is 108 Å². The maximum absolute atomic E-state index is 9.84. The van der Waals surface area contributed by atoms with E-state index >= 15 is 0 Å². The first kappa shape index (κ1) is 23.9. The molecule has 0 bridgehead atoms. The van der Waals surface area contributed by atoms with Crippen LogP contribution in [-0.2, 0) is 5.41 Å². The first-order valence-electron chi connectivity index (χ1n) is 21.2. The van der Waals surface area contributed by atoms with E-state index in [1.165, 1.54) is 0 Å². The number of nitrogens with zero attached hydrogens (tertiary/aromatic N) is 1. The molecule has 11 rings (SSSR count). The lowest BCUT2D eigenvalue weighted by molar-refractivity contribution is 0.778. The molecule has 0 spiro atoms. The highest BCUT2D eigenvalue weighted by Gasteiger charge is 2.47. The van der Waals surface area contributed by atoms with Crippen molar-refractivity contribution in [2.75, 3.05) is 4.90 Å². The van der Waals surface area contributed by atoms with Crippen LogP contribution >= 0.6 is 11.3 Å². The average Bonchev–Trinajstić information content (AvgIpc) is 3.80. The van der Waals surface area contributed by atoms with Crippen LogP contribution in [0.15, 0.2) is 200 Å². The van der Waals surface area contributed by atoms with E-state index < -0.39 is 35.6 Å². The van der Waals surface area contributed by atoms with Crippen molar-refractivity contribution in [1.82, 2.24) is 0 Å². The van der Waals surface area contributed by atoms with Crippen LogP contribution in [0.4, 0.5) is 17.1 Å². The summed E-state index contributed by atoms with van der Waals surface area (Å²) in [5.74, 6) is 0. The van der Waals surface area contributed by atoms with Gasteiger partial charge in [-0.3, -0.25) is 0 Å². The van der Waals surface area contributed by atoms with Gasteiger partial charge in [0.1, 0.15) is 0 Å². The molecule has 1 nitrogen and oxygen atoms in total. The van der Waals surface area contributed by atoms with Crippen LogP contribution in [0.2, 0.25) is 0 Å². The molecule has 0 fully saturated rings. The number of rotatable bonds is 5. The molecule has 248 valence electrons. The summed E-state index contributed by atoms with van der Waals surface area (Å²) in [6, 6.07) is 51.3. The lowest BCUT2D eigenvalue weighted by Gasteiger charge is -2.35. The van der Waals surface area contributed by atoms with E-state index in [1.807, 2.05) is 54.6 Å². The normalized spacial score (nSPS) is 16.7. The smallest absolute Gasteiger partial charge is 0.0719 e. The number of hydrogen-bond donors (Lipinski definition) is 0. The van der Waals surface area contributed by atoms with Gasteiger partial charge in [0.05, 0.1) is 20.7 Å². The summed E-state index contributed by atoms with van der Waals surface area (Å²) >= 11 is 1.70. The van der Waals surface area contributed by atoms with Crippen molar-refractivity contribution in [1.29, 1.82) is 0 Å². The van der Waals surface area contributed by atoms with Gasteiger partial charge in [-0.2, -0.15) is 0 Å². The Labute approximate surface area is 322 Å². The molecule has 1 unspecified atom stereocenters. The molecule has 0 radical (unpaired) electrons. The Morgan fingerprint density at radius 3 is 2.11 bits per heavy atom. The third kappa shape index (κ3) is 4.43. The van der Waals surface area contributed by atoms with Crippen molar-refractivity contribution in [3.63, 3.8) is 0 Å².